The Morgan fingerprint density at radius 1 is 1.16 bits per heavy atom. The molecule has 0 amide bonds. The maximum atomic E-state index is 13.8. The summed E-state index contributed by atoms with van der Waals surface area (Å²) in [5.41, 5.74) is 2.99. The number of rotatable bonds is 5. The molecule has 0 radical (unpaired) electrons. The van der Waals surface area contributed by atoms with E-state index < -0.39 is 17.3 Å². The Bertz CT molecular complexity index is 877. The molecule has 0 aliphatic heterocycles. The van der Waals surface area contributed by atoms with Gasteiger partial charge in [-0.3, -0.25) is 0 Å². The molecule has 0 aliphatic carbocycles. The minimum absolute atomic E-state index is 0.246. The van der Waals surface area contributed by atoms with Crippen molar-refractivity contribution in [2.75, 3.05) is 0 Å². The van der Waals surface area contributed by atoms with Crippen molar-refractivity contribution < 1.29 is 8.78 Å². The Morgan fingerprint density at radius 3 is 2.48 bits per heavy atom. The third-order valence-electron chi connectivity index (χ3n) is 3.70. The molecule has 2 rings (SSSR count). The number of isothiocyanates is 1. The van der Waals surface area contributed by atoms with E-state index in [4.69, 9.17) is 0 Å². The van der Waals surface area contributed by atoms with E-state index in [1.807, 2.05) is 23.4 Å². The summed E-state index contributed by atoms with van der Waals surface area (Å²) in [6.07, 6.45) is 4.57. The summed E-state index contributed by atoms with van der Waals surface area (Å²) in [6, 6.07) is 8.37. The third-order valence-corrected chi connectivity index (χ3v) is 3.79. The predicted molar refractivity (Wildman–Crippen MR) is 101 cm³/mol. The molecule has 0 atom stereocenters. The van der Waals surface area contributed by atoms with Gasteiger partial charge in [0.05, 0.1) is 5.16 Å². The summed E-state index contributed by atoms with van der Waals surface area (Å²) in [5.74, 6) is 4.20. The normalized spacial score (nSPS) is 9.72. The average molecular weight is 353 g/mol. The molecular weight excluding hydrogens is 336 g/mol. The largest absolute Gasteiger partial charge is 0.204 e. The number of benzene rings is 2. The van der Waals surface area contributed by atoms with Crippen LogP contribution in [0.2, 0.25) is 0 Å². The van der Waals surface area contributed by atoms with E-state index in [0.29, 0.717) is 0 Å². The molecule has 25 heavy (non-hydrogen) atoms. The van der Waals surface area contributed by atoms with Gasteiger partial charge >= 0.3 is 0 Å². The number of halogens is 2. The van der Waals surface area contributed by atoms with Crippen LogP contribution >= 0.6 is 12.2 Å². The first-order valence-corrected chi connectivity index (χ1v) is 8.31. The van der Waals surface area contributed by atoms with Crippen LogP contribution in [0.25, 0.3) is 0 Å². The van der Waals surface area contributed by atoms with Crippen LogP contribution in [0.1, 0.15) is 35.6 Å². The monoisotopic (exact) mass is 353 g/mol. The van der Waals surface area contributed by atoms with Gasteiger partial charge in [0.2, 0.25) is 0 Å². The quantitative estimate of drug-likeness (QED) is 0.287. The number of thiocarbonyl (C=S) groups is 1. The molecule has 4 heteroatoms. The maximum absolute atomic E-state index is 13.8. The van der Waals surface area contributed by atoms with Crippen molar-refractivity contribution in [3.63, 3.8) is 0 Å². The SMILES string of the molecule is C=CCCc1ccc(C#Cc2cc(F)c(N=C=S)c(F)c2)c(CC)c1. The molecule has 0 spiro atoms. The van der Waals surface area contributed by atoms with Gasteiger partial charge in [0.25, 0.3) is 0 Å². The number of nitrogens with zero attached hydrogens (tertiary/aromatic N) is 1. The second kappa shape index (κ2) is 9.03. The van der Waals surface area contributed by atoms with E-state index in [1.54, 1.807) is 0 Å². The smallest absolute Gasteiger partial charge is 0.153 e. The number of hydrogen-bond donors (Lipinski definition) is 0. The summed E-state index contributed by atoms with van der Waals surface area (Å²) in [7, 11) is 0. The number of allylic oxidation sites excluding steroid dienone is 1. The van der Waals surface area contributed by atoms with Crippen molar-refractivity contribution in [1.29, 1.82) is 0 Å². The fourth-order valence-corrected chi connectivity index (χ4v) is 2.51. The molecule has 0 bridgehead atoms. The Kier molecular flexibility index (Phi) is 6.77. The van der Waals surface area contributed by atoms with Gasteiger partial charge in [-0.1, -0.05) is 37.0 Å². The van der Waals surface area contributed by atoms with Crippen LogP contribution in [-0.2, 0) is 12.8 Å². The highest BCUT2D eigenvalue weighted by Gasteiger charge is 2.09. The topological polar surface area (TPSA) is 12.4 Å². The van der Waals surface area contributed by atoms with Crippen molar-refractivity contribution in [1.82, 2.24) is 0 Å². The van der Waals surface area contributed by atoms with Crippen LogP contribution in [0.4, 0.5) is 14.5 Å². The van der Waals surface area contributed by atoms with Crippen molar-refractivity contribution >= 4 is 23.1 Å². The van der Waals surface area contributed by atoms with E-state index >= 15 is 0 Å². The molecule has 0 heterocycles. The first kappa shape index (κ1) is 18.7. The van der Waals surface area contributed by atoms with Crippen molar-refractivity contribution in [2.24, 2.45) is 4.99 Å². The summed E-state index contributed by atoms with van der Waals surface area (Å²) in [4.78, 5) is 3.39. The molecule has 0 fully saturated rings. The Balaban J connectivity index is 2.34. The van der Waals surface area contributed by atoms with E-state index in [1.165, 1.54) is 5.56 Å². The van der Waals surface area contributed by atoms with Gasteiger partial charge in [0, 0.05) is 11.1 Å². The summed E-state index contributed by atoms with van der Waals surface area (Å²) < 4.78 is 27.7. The first-order chi connectivity index (χ1) is 12.1. The molecule has 0 saturated carbocycles. The number of aryl methyl sites for hydroxylation is 2. The molecule has 0 aliphatic rings. The lowest BCUT2D eigenvalue weighted by Gasteiger charge is -2.05. The van der Waals surface area contributed by atoms with E-state index in [0.717, 1.165) is 42.5 Å². The molecule has 0 saturated heterocycles. The Morgan fingerprint density at radius 2 is 1.88 bits per heavy atom. The Hall–Kier alpha value is -2.60. The molecule has 126 valence electrons. The molecule has 0 unspecified atom stereocenters. The second-order valence-corrected chi connectivity index (χ2v) is 5.60. The van der Waals surface area contributed by atoms with E-state index in [2.05, 4.69) is 48.6 Å². The summed E-state index contributed by atoms with van der Waals surface area (Å²) >= 11 is 4.38. The van der Waals surface area contributed by atoms with Gasteiger partial charge < -0.3 is 0 Å². The fourth-order valence-electron chi connectivity index (χ4n) is 2.42. The zero-order valence-corrected chi connectivity index (χ0v) is 14.7. The van der Waals surface area contributed by atoms with Gasteiger partial charge in [0.1, 0.15) is 5.69 Å². The molecule has 2 aromatic carbocycles. The highest BCUT2D eigenvalue weighted by molar-refractivity contribution is 7.78. The van der Waals surface area contributed by atoms with Crippen LogP contribution in [0.3, 0.4) is 0 Å². The van der Waals surface area contributed by atoms with Crippen LogP contribution in [0.5, 0.6) is 0 Å². The molecule has 0 aromatic heterocycles. The highest BCUT2D eigenvalue weighted by Crippen LogP contribution is 2.23. The lowest BCUT2D eigenvalue weighted by atomic mass is 9.99. The van der Waals surface area contributed by atoms with Gasteiger partial charge in [-0.2, -0.15) is 4.99 Å². The van der Waals surface area contributed by atoms with Crippen LogP contribution in [0.15, 0.2) is 48.0 Å². The third kappa shape index (κ3) is 4.93. The average Bonchev–Trinajstić information content (AvgIpc) is 2.61. The van der Waals surface area contributed by atoms with Crippen LogP contribution in [0, 0.1) is 23.5 Å². The minimum Gasteiger partial charge on any atom is -0.204 e. The van der Waals surface area contributed by atoms with Gasteiger partial charge in [-0.05, 0) is 60.8 Å². The van der Waals surface area contributed by atoms with Gasteiger partial charge in [0.15, 0.2) is 11.6 Å². The van der Waals surface area contributed by atoms with Crippen molar-refractivity contribution in [2.45, 2.75) is 26.2 Å². The molecular formula is C21H17F2NS. The number of aliphatic imine (C=N–C) groups is 1. The minimum atomic E-state index is -0.808. The fraction of sp³-hybridized carbons (Fsp3) is 0.190. The number of hydrogen-bond acceptors (Lipinski definition) is 2. The lowest BCUT2D eigenvalue weighted by molar-refractivity contribution is 0.587. The van der Waals surface area contributed by atoms with Gasteiger partial charge in [-0.15, -0.1) is 6.58 Å². The molecule has 2 aromatic rings. The summed E-state index contributed by atoms with van der Waals surface area (Å²) in [5, 5.41) is 1.96. The zero-order chi connectivity index (χ0) is 18.2. The van der Waals surface area contributed by atoms with E-state index in [-0.39, 0.29) is 5.56 Å². The van der Waals surface area contributed by atoms with E-state index in [9.17, 15) is 8.78 Å². The zero-order valence-electron chi connectivity index (χ0n) is 13.9. The van der Waals surface area contributed by atoms with Crippen LogP contribution in [-0.4, -0.2) is 5.16 Å². The first-order valence-electron chi connectivity index (χ1n) is 7.90. The molecule has 1 nitrogen and oxygen atoms in total. The summed E-state index contributed by atoms with van der Waals surface area (Å²) in [6.45, 7) is 5.78. The maximum Gasteiger partial charge on any atom is 0.153 e. The highest BCUT2D eigenvalue weighted by atomic mass is 32.1. The lowest BCUT2D eigenvalue weighted by Crippen LogP contribution is -1.92. The van der Waals surface area contributed by atoms with Crippen LogP contribution < -0.4 is 0 Å². The predicted octanol–water partition coefficient (Wildman–Crippen LogP) is 5.78. The van der Waals surface area contributed by atoms with Crippen molar-refractivity contribution in [3.05, 3.63) is 76.9 Å². The standard InChI is InChI=1S/C21H17F2NS/c1-3-5-6-15-7-9-18(17(4-2)11-15)10-8-16-12-19(22)21(24-14-25)20(23)13-16/h3,7,9,11-13H,1,4-6H2,2H3. The van der Waals surface area contributed by atoms with Gasteiger partial charge in [-0.25, -0.2) is 8.78 Å². The second-order valence-electron chi connectivity index (χ2n) is 5.41. The Labute approximate surface area is 152 Å². The molecule has 0 N–H and O–H groups in total. The van der Waals surface area contributed by atoms with Crippen molar-refractivity contribution in [3.8, 4) is 11.8 Å².